The third-order valence-electron chi connectivity index (χ3n) is 1.21. The smallest absolute Gasteiger partial charge is 0.327 e. The van der Waals surface area contributed by atoms with Gasteiger partial charge in [-0.2, -0.15) is 15.0 Å². The van der Waals surface area contributed by atoms with Crippen LogP contribution >= 0.6 is 0 Å². The van der Waals surface area contributed by atoms with Crippen molar-refractivity contribution in [1.29, 1.82) is 0 Å². The van der Waals surface area contributed by atoms with Crippen LogP contribution < -0.4 is 17.2 Å². The highest BCUT2D eigenvalue weighted by atomic mass is 16.4. The Kier molecular flexibility index (Phi) is 16.1. The zero-order valence-electron chi connectivity index (χ0n) is 12.5. The van der Waals surface area contributed by atoms with Crippen molar-refractivity contribution in [3.8, 4) is 0 Å². The van der Waals surface area contributed by atoms with E-state index in [9.17, 15) is 14.4 Å². The van der Waals surface area contributed by atoms with Crippen LogP contribution in [0.5, 0.6) is 0 Å². The molecule has 0 aliphatic rings. The number of carboxylic acids is 3. The molecule has 1 heterocycles. The molecule has 0 aliphatic heterocycles. The van der Waals surface area contributed by atoms with Crippen LogP contribution in [0.2, 0.25) is 0 Å². The lowest BCUT2D eigenvalue weighted by Gasteiger charge is -1.93. The minimum Gasteiger partial charge on any atom is -0.478 e. The molecule has 0 fully saturated rings. The van der Waals surface area contributed by atoms with Gasteiger partial charge in [0.05, 0.1) is 0 Å². The fourth-order valence-electron chi connectivity index (χ4n) is 0.427. The second-order valence-corrected chi connectivity index (χ2v) is 3.04. The largest absolute Gasteiger partial charge is 0.478 e. The van der Waals surface area contributed by atoms with Crippen molar-refractivity contribution in [3.05, 3.63) is 38.0 Å². The van der Waals surface area contributed by atoms with E-state index in [1.165, 1.54) is 0 Å². The van der Waals surface area contributed by atoms with Gasteiger partial charge in [-0.25, -0.2) is 14.4 Å². The van der Waals surface area contributed by atoms with Crippen LogP contribution in [0.25, 0.3) is 0 Å². The lowest BCUT2D eigenvalue weighted by molar-refractivity contribution is -0.132. The van der Waals surface area contributed by atoms with Gasteiger partial charge in [0.25, 0.3) is 0 Å². The predicted octanol–water partition coefficient (Wildman–Crippen LogP) is -0.611. The van der Waals surface area contributed by atoms with Crippen molar-refractivity contribution >= 4 is 35.8 Å². The number of nitrogens with zero attached hydrogens (tertiary/aromatic N) is 3. The van der Waals surface area contributed by atoms with E-state index in [4.69, 9.17) is 32.5 Å². The van der Waals surface area contributed by atoms with E-state index in [2.05, 4.69) is 34.7 Å². The molecule has 1 rings (SSSR count). The molecule has 12 nitrogen and oxygen atoms in total. The first-order chi connectivity index (χ1) is 11.0. The van der Waals surface area contributed by atoms with Crippen LogP contribution in [0.3, 0.4) is 0 Å². The van der Waals surface area contributed by atoms with Crippen molar-refractivity contribution in [2.45, 2.75) is 0 Å². The molecule has 0 radical (unpaired) electrons. The van der Waals surface area contributed by atoms with Gasteiger partial charge in [-0.1, -0.05) is 19.7 Å². The Balaban J connectivity index is -0.000000259. The van der Waals surface area contributed by atoms with Crippen LogP contribution in [-0.4, -0.2) is 48.2 Å². The fourth-order valence-corrected chi connectivity index (χ4v) is 0.427. The highest BCUT2D eigenvalue weighted by Crippen LogP contribution is 1.97. The second-order valence-electron chi connectivity index (χ2n) is 3.04. The minimum atomic E-state index is -0.981. The van der Waals surface area contributed by atoms with Gasteiger partial charge in [0.1, 0.15) is 0 Å². The molecule has 0 aliphatic carbocycles. The number of aliphatic carboxylic acids is 3. The molecule has 0 unspecified atom stereocenters. The van der Waals surface area contributed by atoms with E-state index < -0.39 is 17.9 Å². The van der Waals surface area contributed by atoms with Crippen LogP contribution in [-0.2, 0) is 14.4 Å². The number of hydrogen-bond donors (Lipinski definition) is 6. The van der Waals surface area contributed by atoms with E-state index in [0.29, 0.717) is 0 Å². The molecule has 24 heavy (non-hydrogen) atoms. The second kappa shape index (κ2) is 15.4. The molecule has 0 bridgehead atoms. The van der Waals surface area contributed by atoms with Crippen molar-refractivity contribution in [3.63, 3.8) is 0 Å². The summed E-state index contributed by atoms with van der Waals surface area (Å²) in [4.78, 5) is 38.2. The molecule has 1 aromatic heterocycles. The maximum absolute atomic E-state index is 9.25. The predicted molar refractivity (Wildman–Crippen MR) is 86.6 cm³/mol. The summed E-state index contributed by atoms with van der Waals surface area (Å²) in [6.07, 6.45) is 2.50. The van der Waals surface area contributed by atoms with Gasteiger partial charge in [0.2, 0.25) is 17.8 Å². The number of nitrogen functional groups attached to an aromatic ring is 3. The maximum Gasteiger partial charge on any atom is 0.327 e. The molecule has 1 aromatic rings. The van der Waals surface area contributed by atoms with Gasteiger partial charge in [0, 0.05) is 18.2 Å². The summed E-state index contributed by atoms with van der Waals surface area (Å²) in [5.41, 5.74) is 15.4. The summed E-state index contributed by atoms with van der Waals surface area (Å²) >= 11 is 0. The highest BCUT2D eigenvalue weighted by molar-refractivity contribution is 5.79. The number of anilines is 3. The quantitative estimate of drug-likeness (QED) is 0.378. The number of nitrogens with two attached hydrogens (primary N) is 3. The summed E-state index contributed by atoms with van der Waals surface area (Å²) in [5.74, 6) is -2.82. The summed E-state index contributed by atoms with van der Waals surface area (Å²) in [7, 11) is 0. The number of aromatic nitrogens is 3. The Bertz CT molecular complexity index is 496. The topological polar surface area (TPSA) is 229 Å². The molecule has 0 saturated heterocycles. The van der Waals surface area contributed by atoms with Crippen molar-refractivity contribution in [2.75, 3.05) is 17.2 Å². The van der Waals surface area contributed by atoms with Gasteiger partial charge in [0.15, 0.2) is 0 Å². The summed E-state index contributed by atoms with van der Waals surface area (Å²) < 4.78 is 0. The highest BCUT2D eigenvalue weighted by Gasteiger charge is 1.93. The van der Waals surface area contributed by atoms with Crippen molar-refractivity contribution < 1.29 is 29.7 Å². The SMILES string of the molecule is C=CC(=O)O.C=CC(=O)O.C=CC(=O)O.Nc1nc(N)nc(N)n1. The Morgan fingerprint density at radius 3 is 0.875 bits per heavy atom. The average Bonchev–Trinajstić information content (AvgIpc) is 2.47. The Hall–Kier alpha value is -3.96. The van der Waals surface area contributed by atoms with E-state index >= 15 is 0 Å². The first-order valence-electron chi connectivity index (χ1n) is 5.58. The van der Waals surface area contributed by atoms with E-state index in [1.807, 2.05) is 0 Å². The zero-order chi connectivity index (χ0) is 19.7. The number of carboxylic acid groups (broad SMARTS) is 3. The first kappa shape index (κ1) is 25.0. The zero-order valence-corrected chi connectivity index (χ0v) is 12.5. The molecule has 0 atom stereocenters. The van der Waals surface area contributed by atoms with Gasteiger partial charge < -0.3 is 32.5 Å². The standard InChI is InChI=1S/C3H6N6.3C3H4O2/c4-1-7-2(5)9-3(6)8-1;3*1-2-3(4)5/h(H6,4,5,6,7,8,9);3*2H,1H2,(H,4,5). The first-order valence-corrected chi connectivity index (χ1v) is 5.58. The van der Waals surface area contributed by atoms with Crippen LogP contribution in [0.15, 0.2) is 38.0 Å². The lowest BCUT2D eigenvalue weighted by Crippen LogP contribution is -2.05. The van der Waals surface area contributed by atoms with Crippen LogP contribution in [0.1, 0.15) is 0 Å². The van der Waals surface area contributed by atoms with Crippen molar-refractivity contribution in [2.24, 2.45) is 0 Å². The van der Waals surface area contributed by atoms with Gasteiger partial charge >= 0.3 is 17.9 Å². The monoisotopic (exact) mass is 342 g/mol. The van der Waals surface area contributed by atoms with Crippen molar-refractivity contribution in [1.82, 2.24) is 15.0 Å². The summed E-state index contributed by atoms with van der Waals surface area (Å²) in [6.45, 7) is 8.88. The number of carbonyl (C=O) groups is 3. The molecule has 9 N–H and O–H groups in total. The van der Waals surface area contributed by atoms with Crippen LogP contribution in [0.4, 0.5) is 17.8 Å². The molecule has 0 spiro atoms. The Morgan fingerprint density at radius 2 is 0.792 bits per heavy atom. The van der Waals surface area contributed by atoms with E-state index in [1.54, 1.807) is 0 Å². The van der Waals surface area contributed by atoms with Gasteiger partial charge in [-0.15, -0.1) is 0 Å². The Morgan fingerprint density at radius 1 is 0.667 bits per heavy atom. The van der Waals surface area contributed by atoms with E-state index in [0.717, 1.165) is 18.2 Å². The van der Waals surface area contributed by atoms with Crippen LogP contribution in [0, 0.1) is 0 Å². The molecular formula is C12H18N6O6. The summed E-state index contributed by atoms with van der Waals surface area (Å²) in [5, 5.41) is 22.8. The fraction of sp³-hybridized carbons (Fsp3) is 0. The minimum absolute atomic E-state index is 0.0417. The molecule has 0 aromatic carbocycles. The van der Waals surface area contributed by atoms with E-state index in [-0.39, 0.29) is 17.8 Å². The molecule has 12 heteroatoms. The molecule has 132 valence electrons. The third-order valence-corrected chi connectivity index (χ3v) is 1.21. The third kappa shape index (κ3) is 26.6. The number of rotatable bonds is 3. The lowest BCUT2D eigenvalue weighted by atomic mass is 10.7. The molecular weight excluding hydrogens is 324 g/mol. The maximum atomic E-state index is 9.25. The molecule has 0 saturated carbocycles. The summed E-state index contributed by atoms with van der Waals surface area (Å²) in [6, 6.07) is 0. The molecule has 0 amide bonds. The number of hydrogen-bond acceptors (Lipinski definition) is 9. The Labute approximate surface area is 136 Å². The van der Waals surface area contributed by atoms with Gasteiger partial charge in [-0.3, -0.25) is 0 Å². The average molecular weight is 342 g/mol. The normalized spacial score (nSPS) is 7.50. The van der Waals surface area contributed by atoms with Gasteiger partial charge in [-0.05, 0) is 0 Å².